The molecule has 0 radical (unpaired) electrons. The van der Waals surface area contributed by atoms with E-state index in [0.717, 1.165) is 58.9 Å². The van der Waals surface area contributed by atoms with Gasteiger partial charge in [-0.05, 0) is 81.4 Å². The molecule has 11 nitrogen and oxygen atoms in total. The van der Waals surface area contributed by atoms with Crippen LogP contribution in [0.3, 0.4) is 0 Å². The molecule has 0 aliphatic carbocycles. The van der Waals surface area contributed by atoms with Crippen molar-refractivity contribution >= 4 is 67.6 Å². The zero-order chi connectivity index (χ0) is 31.2. The average Bonchev–Trinajstić information content (AvgIpc) is 2.84. The molecule has 228 valence electrons. The van der Waals surface area contributed by atoms with Gasteiger partial charge in [0.2, 0.25) is 0 Å². The number of nitrogens with zero attached hydrogens (tertiary/aromatic N) is 2. The van der Waals surface area contributed by atoms with Crippen molar-refractivity contribution in [2.24, 2.45) is 0 Å². The minimum Gasteiger partial charge on any atom is -0.382 e. The summed E-state index contributed by atoms with van der Waals surface area (Å²) in [7, 11) is -9.28. The predicted molar refractivity (Wildman–Crippen MR) is 166 cm³/mol. The molecule has 3 aromatic rings. The number of aromatic nitrogens is 1. The number of halogens is 2. The van der Waals surface area contributed by atoms with Crippen LogP contribution in [-0.4, -0.2) is 64.9 Å². The standard InChI is InChI=1S/C26H31Cl2N3.2H3O4P/c1-4-31(5-2)16-8-9-19(3)29-26-18-22(14-12-20-10-6-7-11-24(20)28)30-25-17-21(27)13-15-23(25)26;2*1-5(2,3)4/h6-7,10-15,17-19H,4-5,8-9,16H2,1-3H3,(H,29,30);2*(H3,1,2,3,4)/b14-12+;;. The number of nitrogens with one attached hydrogen (secondary N) is 1. The Morgan fingerprint density at radius 2 is 1.51 bits per heavy atom. The van der Waals surface area contributed by atoms with E-state index in [1.165, 1.54) is 6.42 Å². The Kier molecular flexibility index (Phi) is 16.3. The van der Waals surface area contributed by atoms with E-state index in [1.807, 2.05) is 54.6 Å². The number of anilines is 1. The minimum absolute atomic E-state index is 0.359. The van der Waals surface area contributed by atoms with Crippen LogP contribution in [0.25, 0.3) is 23.1 Å². The summed E-state index contributed by atoms with van der Waals surface area (Å²) in [5, 5.41) is 6.19. The van der Waals surface area contributed by atoms with Crippen molar-refractivity contribution in [2.75, 3.05) is 25.0 Å². The molecule has 0 aliphatic heterocycles. The molecule has 1 unspecified atom stereocenters. The summed E-state index contributed by atoms with van der Waals surface area (Å²) in [6.07, 6.45) is 6.28. The molecule has 7 N–H and O–H groups in total. The van der Waals surface area contributed by atoms with E-state index >= 15 is 0 Å². The number of rotatable bonds is 10. The van der Waals surface area contributed by atoms with Crippen molar-refractivity contribution in [2.45, 2.75) is 39.7 Å². The van der Waals surface area contributed by atoms with Gasteiger partial charge in [0.05, 0.1) is 11.2 Å². The SMILES string of the molecule is CCN(CC)CCCC(C)Nc1cc(/C=C/c2ccccc2Cl)nc2cc(Cl)ccc12.O=P(O)(O)O.O=P(O)(O)O. The molecular formula is C26H37Cl2N3O8P2. The van der Waals surface area contributed by atoms with E-state index in [2.05, 4.69) is 37.1 Å². The van der Waals surface area contributed by atoms with Crippen LogP contribution in [0, 0.1) is 0 Å². The maximum atomic E-state index is 8.88. The number of benzene rings is 2. The summed E-state index contributed by atoms with van der Waals surface area (Å²) >= 11 is 12.5. The van der Waals surface area contributed by atoms with Gasteiger partial charge >= 0.3 is 15.6 Å². The van der Waals surface area contributed by atoms with Gasteiger partial charge in [-0.15, -0.1) is 0 Å². The molecule has 2 aromatic carbocycles. The topological polar surface area (TPSA) is 184 Å². The van der Waals surface area contributed by atoms with E-state index in [1.54, 1.807) is 0 Å². The van der Waals surface area contributed by atoms with Crippen molar-refractivity contribution in [3.05, 3.63) is 69.8 Å². The fourth-order valence-corrected chi connectivity index (χ4v) is 4.08. The predicted octanol–water partition coefficient (Wildman–Crippen LogP) is 5.78. The molecule has 0 spiro atoms. The summed E-state index contributed by atoms with van der Waals surface area (Å²) < 4.78 is 17.8. The van der Waals surface area contributed by atoms with Gasteiger partial charge in [-0.3, -0.25) is 0 Å². The van der Waals surface area contributed by atoms with Gasteiger partial charge in [-0.25, -0.2) is 14.1 Å². The van der Waals surface area contributed by atoms with Gasteiger partial charge in [0, 0.05) is 27.2 Å². The van der Waals surface area contributed by atoms with E-state index in [4.69, 9.17) is 66.7 Å². The highest BCUT2D eigenvalue weighted by atomic mass is 35.5. The Bertz CT molecular complexity index is 1330. The first-order chi connectivity index (χ1) is 19.0. The summed E-state index contributed by atoms with van der Waals surface area (Å²) in [5.74, 6) is 0. The third-order valence-corrected chi connectivity index (χ3v) is 6.12. The molecular weight excluding hydrogens is 615 g/mol. The van der Waals surface area contributed by atoms with Crippen molar-refractivity contribution in [1.29, 1.82) is 0 Å². The molecule has 0 saturated carbocycles. The molecule has 3 rings (SSSR count). The maximum Gasteiger partial charge on any atom is 0.466 e. The molecule has 1 atom stereocenters. The van der Waals surface area contributed by atoms with Crippen LogP contribution in [-0.2, 0) is 9.13 Å². The van der Waals surface area contributed by atoms with Crippen LogP contribution < -0.4 is 5.32 Å². The molecule has 1 heterocycles. The lowest BCUT2D eigenvalue weighted by molar-refractivity contribution is 0.272. The highest BCUT2D eigenvalue weighted by Crippen LogP contribution is 2.28. The van der Waals surface area contributed by atoms with E-state index in [0.29, 0.717) is 11.1 Å². The highest BCUT2D eigenvalue weighted by Gasteiger charge is 2.10. The van der Waals surface area contributed by atoms with Crippen LogP contribution in [0.2, 0.25) is 10.0 Å². The van der Waals surface area contributed by atoms with E-state index < -0.39 is 15.6 Å². The average molecular weight is 652 g/mol. The third kappa shape index (κ3) is 17.6. The zero-order valence-corrected chi connectivity index (χ0v) is 26.2. The second-order valence-corrected chi connectivity index (χ2v) is 11.7. The van der Waals surface area contributed by atoms with Crippen molar-refractivity contribution in [3.8, 4) is 0 Å². The van der Waals surface area contributed by atoms with Gasteiger partial charge in [0.1, 0.15) is 0 Å². The van der Waals surface area contributed by atoms with Gasteiger partial charge < -0.3 is 39.6 Å². The lowest BCUT2D eigenvalue weighted by Crippen LogP contribution is -2.25. The fourth-order valence-electron chi connectivity index (χ4n) is 3.71. The van der Waals surface area contributed by atoms with Gasteiger partial charge in [0.15, 0.2) is 0 Å². The maximum absolute atomic E-state index is 8.88. The van der Waals surface area contributed by atoms with Crippen molar-refractivity contribution in [1.82, 2.24) is 9.88 Å². The van der Waals surface area contributed by atoms with E-state index in [-0.39, 0.29) is 0 Å². The Labute approximate surface area is 250 Å². The Hall–Kier alpha value is -1.85. The second-order valence-electron chi connectivity index (χ2n) is 8.85. The molecule has 0 bridgehead atoms. The lowest BCUT2D eigenvalue weighted by Gasteiger charge is -2.21. The Morgan fingerprint density at radius 3 is 2.07 bits per heavy atom. The zero-order valence-electron chi connectivity index (χ0n) is 22.9. The number of hydrogen-bond acceptors (Lipinski definition) is 5. The van der Waals surface area contributed by atoms with Crippen LogP contribution in [0.4, 0.5) is 5.69 Å². The quantitative estimate of drug-likeness (QED) is 0.132. The summed E-state index contributed by atoms with van der Waals surface area (Å²) in [5.41, 5.74) is 3.80. The monoisotopic (exact) mass is 651 g/mol. The van der Waals surface area contributed by atoms with Gasteiger partial charge in [0.25, 0.3) is 0 Å². The summed E-state index contributed by atoms with van der Waals surface area (Å²) in [4.78, 5) is 50.4. The Morgan fingerprint density at radius 1 is 0.927 bits per heavy atom. The van der Waals surface area contributed by atoms with Crippen molar-refractivity contribution in [3.63, 3.8) is 0 Å². The number of pyridine rings is 1. The number of phosphoric acid groups is 2. The smallest absolute Gasteiger partial charge is 0.382 e. The first kappa shape index (κ1) is 37.2. The molecule has 1 aromatic heterocycles. The van der Waals surface area contributed by atoms with Crippen molar-refractivity contribution < 1.29 is 38.5 Å². The molecule has 0 amide bonds. The molecule has 0 aliphatic rings. The normalized spacial score (nSPS) is 12.5. The van der Waals surface area contributed by atoms with E-state index in [9.17, 15) is 0 Å². The molecule has 0 saturated heterocycles. The highest BCUT2D eigenvalue weighted by molar-refractivity contribution is 7.45. The largest absolute Gasteiger partial charge is 0.466 e. The van der Waals surface area contributed by atoms with Gasteiger partial charge in [-0.1, -0.05) is 61.3 Å². The summed E-state index contributed by atoms with van der Waals surface area (Å²) in [6.45, 7) is 10.0. The third-order valence-electron chi connectivity index (χ3n) is 5.54. The minimum atomic E-state index is -4.64. The van der Waals surface area contributed by atoms with Crippen LogP contribution in [0.1, 0.15) is 44.9 Å². The van der Waals surface area contributed by atoms with Crippen LogP contribution in [0.5, 0.6) is 0 Å². The first-order valence-corrected chi connectivity index (χ1v) is 16.5. The second kappa shape index (κ2) is 18.0. The molecule has 15 heteroatoms. The van der Waals surface area contributed by atoms with Crippen LogP contribution in [0.15, 0.2) is 48.5 Å². The number of fused-ring (bicyclic) bond motifs is 1. The van der Waals surface area contributed by atoms with Gasteiger partial charge in [-0.2, -0.15) is 0 Å². The Balaban J connectivity index is 0.000000722. The fraction of sp³-hybridized carbons (Fsp3) is 0.346. The first-order valence-electron chi connectivity index (χ1n) is 12.6. The summed E-state index contributed by atoms with van der Waals surface area (Å²) in [6, 6.07) is 16.1. The molecule has 0 fully saturated rings. The molecule has 41 heavy (non-hydrogen) atoms. The van der Waals surface area contributed by atoms with Crippen LogP contribution >= 0.6 is 38.8 Å². The number of hydrogen-bond donors (Lipinski definition) is 7. The lowest BCUT2D eigenvalue weighted by atomic mass is 10.1.